The summed E-state index contributed by atoms with van der Waals surface area (Å²) in [5, 5.41) is 0. The minimum atomic E-state index is -0.246. The predicted octanol–water partition coefficient (Wildman–Crippen LogP) is 1.04. The molecule has 6 heteroatoms. The first-order valence-corrected chi connectivity index (χ1v) is 8.81. The molecule has 0 aliphatic carbocycles. The van der Waals surface area contributed by atoms with E-state index < -0.39 is 0 Å². The molecule has 3 fully saturated rings. The van der Waals surface area contributed by atoms with E-state index in [-0.39, 0.29) is 36.0 Å². The average molecular weight is 324 g/mol. The zero-order valence-electron chi connectivity index (χ0n) is 14.3. The maximum absolute atomic E-state index is 12.1. The van der Waals surface area contributed by atoms with Gasteiger partial charge in [-0.1, -0.05) is 13.8 Å². The molecule has 3 heterocycles. The quantitative estimate of drug-likeness (QED) is 0.775. The van der Waals surface area contributed by atoms with Crippen LogP contribution in [-0.4, -0.2) is 72.7 Å². The van der Waals surface area contributed by atoms with Crippen LogP contribution in [0.3, 0.4) is 0 Å². The van der Waals surface area contributed by atoms with Gasteiger partial charge < -0.3 is 19.3 Å². The summed E-state index contributed by atoms with van der Waals surface area (Å²) in [7, 11) is 0. The van der Waals surface area contributed by atoms with Crippen molar-refractivity contribution in [2.45, 2.75) is 51.2 Å². The van der Waals surface area contributed by atoms with Crippen LogP contribution >= 0.6 is 0 Å². The monoisotopic (exact) mass is 324 g/mol. The minimum absolute atomic E-state index is 0.0288. The Labute approximate surface area is 138 Å². The number of ether oxygens (including phenoxy) is 2. The van der Waals surface area contributed by atoms with Crippen LogP contribution in [0.25, 0.3) is 0 Å². The van der Waals surface area contributed by atoms with Crippen LogP contribution in [0.1, 0.15) is 39.5 Å². The molecule has 3 rings (SSSR count). The third-order valence-electron chi connectivity index (χ3n) is 5.11. The first-order valence-electron chi connectivity index (χ1n) is 8.81. The third-order valence-corrected chi connectivity index (χ3v) is 5.11. The van der Waals surface area contributed by atoms with Crippen molar-refractivity contribution in [3.63, 3.8) is 0 Å². The number of rotatable bonds is 4. The second kappa shape index (κ2) is 6.77. The zero-order valence-corrected chi connectivity index (χ0v) is 14.3. The highest BCUT2D eigenvalue weighted by Crippen LogP contribution is 2.36. The molecule has 3 aliphatic rings. The van der Waals surface area contributed by atoms with Crippen LogP contribution in [0.15, 0.2) is 0 Å². The SMILES string of the molecule is CC(C)C(=O)N1CC2(C[C@@H](OCC(=O)N3CCCC3)CCO2)C1. The Morgan fingerprint density at radius 2 is 1.91 bits per heavy atom. The molecule has 6 nitrogen and oxygen atoms in total. The number of hydrogen-bond donors (Lipinski definition) is 0. The lowest BCUT2D eigenvalue weighted by Crippen LogP contribution is -2.67. The fourth-order valence-corrected chi connectivity index (χ4v) is 3.76. The van der Waals surface area contributed by atoms with Gasteiger partial charge in [-0.3, -0.25) is 9.59 Å². The standard InChI is InChI=1S/C17H28N2O4/c1-13(2)16(21)19-11-17(12-19)9-14(5-8-23-17)22-10-15(20)18-6-3-4-7-18/h13-14H,3-12H2,1-2H3/t14-/m0/s1. The normalized spacial score (nSPS) is 26.7. The van der Waals surface area contributed by atoms with Gasteiger partial charge in [0.15, 0.2) is 0 Å². The van der Waals surface area contributed by atoms with Gasteiger partial charge in [0.1, 0.15) is 12.2 Å². The molecule has 1 atom stereocenters. The van der Waals surface area contributed by atoms with Gasteiger partial charge in [0.2, 0.25) is 11.8 Å². The van der Waals surface area contributed by atoms with E-state index >= 15 is 0 Å². The van der Waals surface area contributed by atoms with Crippen LogP contribution in [0, 0.1) is 5.92 Å². The van der Waals surface area contributed by atoms with Gasteiger partial charge in [-0.25, -0.2) is 0 Å². The Bertz CT molecular complexity index is 454. The van der Waals surface area contributed by atoms with E-state index in [4.69, 9.17) is 9.47 Å². The predicted molar refractivity (Wildman–Crippen MR) is 84.9 cm³/mol. The zero-order chi connectivity index (χ0) is 16.4. The maximum Gasteiger partial charge on any atom is 0.248 e. The average Bonchev–Trinajstić information content (AvgIpc) is 3.04. The summed E-state index contributed by atoms with van der Waals surface area (Å²) in [5.41, 5.74) is -0.246. The van der Waals surface area contributed by atoms with E-state index in [0.29, 0.717) is 19.7 Å². The molecule has 0 bridgehead atoms. The molecule has 0 unspecified atom stereocenters. The summed E-state index contributed by atoms with van der Waals surface area (Å²) in [6, 6.07) is 0. The molecule has 3 aliphatic heterocycles. The molecule has 0 aromatic rings. The molecule has 0 aromatic carbocycles. The van der Waals surface area contributed by atoms with Crippen molar-refractivity contribution in [2.75, 3.05) is 39.4 Å². The summed E-state index contributed by atoms with van der Waals surface area (Å²) in [5.74, 6) is 0.320. The van der Waals surface area contributed by atoms with E-state index in [0.717, 1.165) is 38.8 Å². The lowest BCUT2D eigenvalue weighted by atomic mass is 9.84. The van der Waals surface area contributed by atoms with E-state index in [2.05, 4.69) is 0 Å². The topological polar surface area (TPSA) is 59.1 Å². The lowest BCUT2D eigenvalue weighted by molar-refractivity contribution is -0.203. The summed E-state index contributed by atoms with van der Waals surface area (Å²) in [6.07, 6.45) is 3.87. The second-order valence-electron chi connectivity index (χ2n) is 7.39. The Morgan fingerprint density at radius 1 is 1.22 bits per heavy atom. The van der Waals surface area contributed by atoms with Crippen molar-refractivity contribution in [1.82, 2.24) is 9.80 Å². The molecule has 1 spiro atoms. The van der Waals surface area contributed by atoms with Crippen molar-refractivity contribution in [3.8, 4) is 0 Å². The fourth-order valence-electron chi connectivity index (χ4n) is 3.76. The van der Waals surface area contributed by atoms with Crippen LogP contribution in [0.2, 0.25) is 0 Å². The van der Waals surface area contributed by atoms with E-state index in [9.17, 15) is 9.59 Å². The number of likely N-dealkylation sites (tertiary alicyclic amines) is 2. The Hall–Kier alpha value is -1.14. The number of amides is 2. The lowest BCUT2D eigenvalue weighted by Gasteiger charge is -2.53. The number of carbonyl (C=O) groups excluding carboxylic acids is 2. The molecular formula is C17H28N2O4. The van der Waals surface area contributed by atoms with Crippen molar-refractivity contribution in [3.05, 3.63) is 0 Å². The van der Waals surface area contributed by atoms with Crippen molar-refractivity contribution in [1.29, 1.82) is 0 Å². The first-order chi connectivity index (χ1) is 11.0. The second-order valence-corrected chi connectivity index (χ2v) is 7.39. The van der Waals surface area contributed by atoms with Gasteiger partial charge in [0.25, 0.3) is 0 Å². The van der Waals surface area contributed by atoms with Crippen LogP contribution in [0.5, 0.6) is 0 Å². The summed E-state index contributed by atoms with van der Waals surface area (Å²) < 4.78 is 11.8. The first kappa shape index (κ1) is 16.7. The highest BCUT2D eigenvalue weighted by Gasteiger charge is 2.49. The Kier molecular flexibility index (Phi) is 4.92. The Morgan fingerprint density at radius 3 is 2.57 bits per heavy atom. The van der Waals surface area contributed by atoms with Crippen LogP contribution in [0.4, 0.5) is 0 Å². The smallest absolute Gasteiger partial charge is 0.248 e. The maximum atomic E-state index is 12.1. The van der Waals surface area contributed by atoms with Crippen molar-refractivity contribution >= 4 is 11.8 Å². The molecule has 3 saturated heterocycles. The summed E-state index contributed by atoms with van der Waals surface area (Å²) in [4.78, 5) is 27.8. The van der Waals surface area contributed by atoms with Gasteiger partial charge in [0.05, 0.1) is 19.2 Å². The van der Waals surface area contributed by atoms with E-state index in [1.165, 1.54) is 0 Å². The Balaban J connectivity index is 1.44. The van der Waals surface area contributed by atoms with Crippen molar-refractivity contribution < 1.29 is 19.1 Å². The number of carbonyl (C=O) groups is 2. The number of hydrogen-bond acceptors (Lipinski definition) is 4. The van der Waals surface area contributed by atoms with Gasteiger partial charge in [0, 0.05) is 32.0 Å². The molecule has 23 heavy (non-hydrogen) atoms. The van der Waals surface area contributed by atoms with Gasteiger partial charge in [-0.2, -0.15) is 0 Å². The number of nitrogens with zero attached hydrogens (tertiary/aromatic N) is 2. The van der Waals surface area contributed by atoms with Crippen LogP contribution < -0.4 is 0 Å². The van der Waals surface area contributed by atoms with Gasteiger partial charge in [-0.05, 0) is 19.3 Å². The highest BCUT2D eigenvalue weighted by molar-refractivity contribution is 5.79. The van der Waals surface area contributed by atoms with Gasteiger partial charge >= 0.3 is 0 Å². The van der Waals surface area contributed by atoms with Crippen LogP contribution in [-0.2, 0) is 19.1 Å². The van der Waals surface area contributed by atoms with E-state index in [1.54, 1.807) is 0 Å². The third kappa shape index (κ3) is 3.69. The van der Waals surface area contributed by atoms with Crippen molar-refractivity contribution in [2.24, 2.45) is 5.92 Å². The molecule has 0 radical (unpaired) electrons. The summed E-state index contributed by atoms with van der Waals surface area (Å²) in [6.45, 7) is 7.71. The molecule has 0 N–H and O–H groups in total. The fraction of sp³-hybridized carbons (Fsp3) is 0.882. The van der Waals surface area contributed by atoms with Gasteiger partial charge in [-0.15, -0.1) is 0 Å². The summed E-state index contributed by atoms with van der Waals surface area (Å²) >= 11 is 0. The molecule has 0 saturated carbocycles. The molecule has 0 aromatic heterocycles. The molecule has 130 valence electrons. The highest BCUT2D eigenvalue weighted by atomic mass is 16.5. The molecule has 2 amide bonds. The minimum Gasteiger partial charge on any atom is -0.371 e. The molecular weight excluding hydrogens is 296 g/mol. The van der Waals surface area contributed by atoms with E-state index in [1.807, 2.05) is 23.6 Å². The largest absolute Gasteiger partial charge is 0.371 e.